The van der Waals surface area contributed by atoms with Crippen LogP contribution < -0.4 is 4.74 Å². The minimum Gasteiger partial charge on any atom is -0.497 e. The molecule has 2 aromatic carbocycles. The highest BCUT2D eigenvalue weighted by Crippen LogP contribution is 2.22. The van der Waals surface area contributed by atoms with Crippen molar-refractivity contribution in [1.82, 2.24) is 0 Å². The van der Waals surface area contributed by atoms with Crippen LogP contribution in [0.25, 0.3) is 11.1 Å². The molecule has 0 saturated heterocycles. The van der Waals surface area contributed by atoms with E-state index in [1.165, 1.54) is 16.7 Å². The Balaban J connectivity index is 0. The van der Waals surface area contributed by atoms with Gasteiger partial charge in [-0.05, 0) is 35.2 Å². The van der Waals surface area contributed by atoms with Crippen molar-refractivity contribution in [2.75, 3.05) is 7.11 Å². The largest absolute Gasteiger partial charge is 0.497 e. The van der Waals surface area contributed by atoms with Crippen LogP contribution in [0, 0.1) is 0 Å². The van der Waals surface area contributed by atoms with Crippen LogP contribution in [0.4, 0.5) is 0 Å². The maximum atomic E-state index is 5.14. The van der Waals surface area contributed by atoms with Gasteiger partial charge in [0.1, 0.15) is 5.75 Å². The number of benzene rings is 2. The van der Waals surface area contributed by atoms with Crippen LogP contribution in [0.1, 0.15) is 54.0 Å². The quantitative estimate of drug-likeness (QED) is 0.593. The SMILES string of the molecule is CC.CC.CC.CCc1ccc(-c2ccc(OC)cc2)cc1. The van der Waals surface area contributed by atoms with E-state index in [9.17, 15) is 0 Å². The summed E-state index contributed by atoms with van der Waals surface area (Å²) >= 11 is 0. The molecule has 0 saturated carbocycles. The minimum absolute atomic E-state index is 0.897. The van der Waals surface area contributed by atoms with Crippen molar-refractivity contribution in [2.24, 2.45) is 0 Å². The minimum atomic E-state index is 0.897. The zero-order valence-electron chi connectivity index (χ0n) is 15.7. The lowest BCUT2D eigenvalue weighted by molar-refractivity contribution is 0.415. The summed E-state index contributed by atoms with van der Waals surface area (Å²) in [7, 11) is 1.69. The van der Waals surface area contributed by atoms with Crippen LogP contribution in [0.3, 0.4) is 0 Å². The van der Waals surface area contributed by atoms with Gasteiger partial charge in [-0.25, -0.2) is 0 Å². The van der Waals surface area contributed by atoms with Gasteiger partial charge in [0.15, 0.2) is 0 Å². The Kier molecular flexibility index (Phi) is 16.0. The Morgan fingerprint density at radius 2 is 1.00 bits per heavy atom. The van der Waals surface area contributed by atoms with Crippen LogP contribution in [0.15, 0.2) is 48.5 Å². The van der Waals surface area contributed by atoms with E-state index in [1.807, 2.05) is 53.7 Å². The fourth-order valence-corrected chi connectivity index (χ4v) is 1.72. The highest BCUT2D eigenvalue weighted by Gasteiger charge is 1.98. The lowest BCUT2D eigenvalue weighted by atomic mass is 10.0. The summed E-state index contributed by atoms with van der Waals surface area (Å²) in [5.74, 6) is 0.897. The van der Waals surface area contributed by atoms with Crippen LogP contribution >= 0.6 is 0 Å². The van der Waals surface area contributed by atoms with E-state index in [4.69, 9.17) is 4.74 Å². The Labute approximate surface area is 138 Å². The maximum Gasteiger partial charge on any atom is 0.118 e. The standard InChI is InChI=1S/C15H16O.3C2H6/c1-3-12-4-6-13(7-5-12)14-8-10-15(16-2)11-9-14;3*1-2/h4-11H,3H2,1-2H3;3*1-2H3. The van der Waals surface area contributed by atoms with Crippen LogP contribution in [-0.2, 0) is 6.42 Å². The number of ether oxygens (including phenoxy) is 1. The number of hydrogen-bond acceptors (Lipinski definition) is 1. The Morgan fingerprint density at radius 1 is 0.636 bits per heavy atom. The van der Waals surface area contributed by atoms with Crippen molar-refractivity contribution in [1.29, 1.82) is 0 Å². The molecule has 124 valence electrons. The summed E-state index contributed by atoms with van der Waals surface area (Å²) < 4.78 is 5.14. The first-order valence-corrected chi connectivity index (χ1v) is 8.57. The van der Waals surface area contributed by atoms with Crippen LogP contribution in [-0.4, -0.2) is 7.11 Å². The second kappa shape index (κ2) is 15.6. The second-order valence-corrected chi connectivity index (χ2v) is 3.78. The van der Waals surface area contributed by atoms with E-state index >= 15 is 0 Å². The van der Waals surface area contributed by atoms with Gasteiger partial charge >= 0.3 is 0 Å². The van der Waals surface area contributed by atoms with E-state index in [0.29, 0.717) is 0 Å². The van der Waals surface area contributed by atoms with Crippen molar-refractivity contribution in [3.8, 4) is 16.9 Å². The van der Waals surface area contributed by atoms with Gasteiger partial charge in [0.25, 0.3) is 0 Å². The van der Waals surface area contributed by atoms with E-state index in [2.05, 4.69) is 43.3 Å². The molecule has 22 heavy (non-hydrogen) atoms. The maximum absolute atomic E-state index is 5.14. The molecule has 0 fully saturated rings. The monoisotopic (exact) mass is 302 g/mol. The normalized spacial score (nSPS) is 8.18. The third-order valence-electron chi connectivity index (χ3n) is 2.79. The molecule has 0 radical (unpaired) electrons. The molecule has 0 aliphatic heterocycles. The number of rotatable bonds is 3. The molecule has 1 heteroatoms. The van der Waals surface area contributed by atoms with Crippen molar-refractivity contribution < 1.29 is 4.74 Å². The van der Waals surface area contributed by atoms with Gasteiger partial charge in [0, 0.05) is 0 Å². The van der Waals surface area contributed by atoms with E-state index in [1.54, 1.807) is 7.11 Å². The molecule has 0 heterocycles. The molecular weight excluding hydrogens is 268 g/mol. The van der Waals surface area contributed by atoms with Crippen molar-refractivity contribution in [3.63, 3.8) is 0 Å². The molecule has 2 aromatic rings. The Bertz CT molecular complexity index is 395. The first-order valence-electron chi connectivity index (χ1n) is 8.57. The summed E-state index contributed by atoms with van der Waals surface area (Å²) in [4.78, 5) is 0. The Hall–Kier alpha value is -1.76. The molecule has 0 N–H and O–H groups in total. The van der Waals surface area contributed by atoms with E-state index in [0.717, 1.165) is 12.2 Å². The topological polar surface area (TPSA) is 9.23 Å². The zero-order valence-corrected chi connectivity index (χ0v) is 15.7. The van der Waals surface area contributed by atoms with Gasteiger partial charge in [0.2, 0.25) is 0 Å². The van der Waals surface area contributed by atoms with Gasteiger partial charge in [-0.1, -0.05) is 84.9 Å². The van der Waals surface area contributed by atoms with Gasteiger partial charge in [-0.15, -0.1) is 0 Å². The first kappa shape index (κ1) is 22.5. The van der Waals surface area contributed by atoms with E-state index < -0.39 is 0 Å². The second-order valence-electron chi connectivity index (χ2n) is 3.78. The van der Waals surface area contributed by atoms with Crippen LogP contribution in [0.2, 0.25) is 0 Å². The molecule has 2 rings (SSSR count). The molecule has 0 aliphatic carbocycles. The smallest absolute Gasteiger partial charge is 0.118 e. The zero-order chi connectivity index (χ0) is 17.4. The molecule has 0 amide bonds. The highest BCUT2D eigenvalue weighted by atomic mass is 16.5. The third-order valence-corrected chi connectivity index (χ3v) is 2.79. The molecule has 0 spiro atoms. The molecule has 1 nitrogen and oxygen atoms in total. The fraction of sp³-hybridized carbons (Fsp3) is 0.429. The Morgan fingerprint density at radius 3 is 1.32 bits per heavy atom. The molecule has 0 bridgehead atoms. The number of methoxy groups -OCH3 is 1. The summed E-state index contributed by atoms with van der Waals surface area (Å²) in [6.45, 7) is 14.2. The summed E-state index contributed by atoms with van der Waals surface area (Å²) in [5, 5.41) is 0. The summed E-state index contributed by atoms with van der Waals surface area (Å²) in [5.41, 5.74) is 3.85. The summed E-state index contributed by atoms with van der Waals surface area (Å²) in [6.07, 6.45) is 1.09. The molecule has 0 aliphatic rings. The lowest BCUT2D eigenvalue weighted by Crippen LogP contribution is -1.83. The fourth-order valence-electron chi connectivity index (χ4n) is 1.72. The van der Waals surface area contributed by atoms with Crippen LogP contribution in [0.5, 0.6) is 5.75 Å². The molecule has 0 unspecified atom stereocenters. The number of hydrogen-bond donors (Lipinski definition) is 0. The third kappa shape index (κ3) is 7.87. The average Bonchev–Trinajstić information content (AvgIpc) is 2.67. The highest BCUT2D eigenvalue weighted by molar-refractivity contribution is 5.64. The molecule has 0 aromatic heterocycles. The average molecular weight is 303 g/mol. The van der Waals surface area contributed by atoms with Crippen molar-refractivity contribution in [3.05, 3.63) is 54.1 Å². The predicted octanol–water partition coefficient (Wildman–Crippen LogP) is 7.00. The van der Waals surface area contributed by atoms with Crippen molar-refractivity contribution in [2.45, 2.75) is 54.9 Å². The number of aryl methyl sites for hydroxylation is 1. The molecule has 0 atom stereocenters. The lowest BCUT2D eigenvalue weighted by Gasteiger charge is -2.04. The summed E-state index contributed by atoms with van der Waals surface area (Å²) in [6, 6.07) is 16.8. The van der Waals surface area contributed by atoms with Gasteiger partial charge in [-0.3, -0.25) is 0 Å². The van der Waals surface area contributed by atoms with E-state index in [-0.39, 0.29) is 0 Å². The van der Waals surface area contributed by atoms with Gasteiger partial charge < -0.3 is 4.74 Å². The predicted molar refractivity (Wildman–Crippen MR) is 102 cm³/mol. The molecular formula is C21H34O. The van der Waals surface area contributed by atoms with Crippen molar-refractivity contribution >= 4 is 0 Å². The van der Waals surface area contributed by atoms with Gasteiger partial charge in [0.05, 0.1) is 7.11 Å². The first-order chi connectivity index (χ1) is 10.8. The van der Waals surface area contributed by atoms with Gasteiger partial charge in [-0.2, -0.15) is 0 Å².